The standard InChI is InChI=1S/C12H17NO4S/c1-3-17-12(14)8-10-5-4-6-11(7-10)9-13-18(2,15)16/h4-7,13H,3,8-9H2,1-2H3. The van der Waals surface area contributed by atoms with Crippen molar-refractivity contribution in [2.45, 2.75) is 19.9 Å². The van der Waals surface area contributed by atoms with E-state index in [2.05, 4.69) is 4.72 Å². The molecule has 0 atom stereocenters. The van der Waals surface area contributed by atoms with Gasteiger partial charge in [-0.3, -0.25) is 4.79 Å². The van der Waals surface area contributed by atoms with Crippen LogP contribution in [0.2, 0.25) is 0 Å². The van der Waals surface area contributed by atoms with Crippen molar-refractivity contribution in [2.75, 3.05) is 12.9 Å². The SMILES string of the molecule is CCOC(=O)Cc1cccc(CNS(C)(=O)=O)c1. The molecule has 5 nitrogen and oxygen atoms in total. The van der Waals surface area contributed by atoms with Gasteiger partial charge in [-0.2, -0.15) is 0 Å². The van der Waals surface area contributed by atoms with Crippen LogP contribution in [0.1, 0.15) is 18.1 Å². The molecule has 0 saturated heterocycles. The quantitative estimate of drug-likeness (QED) is 0.778. The zero-order valence-corrected chi connectivity index (χ0v) is 11.3. The van der Waals surface area contributed by atoms with E-state index in [4.69, 9.17) is 4.74 Å². The van der Waals surface area contributed by atoms with Gasteiger partial charge in [0.15, 0.2) is 0 Å². The summed E-state index contributed by atoms with van der Waals surface area (Å²) in [6.45, 7) is 2.33. The van der Waals surface area contributed by atoms with E-state index in [1.54, 1.807) is 31.2 Å². The third-order valence-electron chi connectivity index (χ3n) is 2.18. The molecule has 0 heterocycles. The fourth-order valence-corrected chi connectivity index (χ4v) is 1.87. The van der Waals surface area contributed by atoms with Crippen molar-refractivity contribution in [3.05, 3.63) is 35.4 Å². The average molecular weight is 271 g/mol. The molecule has 0 unspecified atom stereocenters. The highest BCUT2D eigenvalue weighted by Crippen LogP contribution is 2.07. The number of benzene rings is 1. The smallest absolute Gasteiger partial charge is 0.310 e. The van der Waals surface area contributed by atoms with Gasteiger partial charge in [0.1, 0.15) is 0 Å². The summed E-state index contributed by atoms with van der Waals surface area (Å²) in [5, 5.41) is 0. The van der Waals surface area contributed by atoms with Crippen LogP contribution in [0.4, 0.5) is 0 Å². The Labute approximate surface area is 107 Å². The van der Waals surface area contributed by atoms with Gasteiger partial charge in [0.2, 0.25) is 10.0 Å². The monoisotopic (exact) mass is 271 g/mol. The van der Waals surface area contributed by atoms with E-state index in [-0.39, 0.29) is 18.9 Å². The molecule has 0 aliphatic carbocycles. The van der Waals surface area contributed by atoms with Gasteiger partial charge in [-0.15, -0.1) is 0 Å². The number of nitrogens with one attached hydrogen (secondary N) is 1. The minimum atomic E-state index is -3.21. The second kappa shape index (κ2) is 6.51. The summed E-state index contributed by atoms with van der Waals surface area (Å²) in [5.74, 6) is -0.286. The van der Waals surface area contributed by atoms with Crippen molar-refractivity contribution in [1.29, 1.82) is 0 Å². The van der Waals surface area contributed by atoms with Gasteiger partial charge >= 0.3 is 5.97 Å². The van der Waals surface area contributed by atoms with Crippen LogP contribution < -0.4 is 4.72 Å². The van der Waals surface area contributed by atoms with Crippen LogP contribution in [0.5, 0.6) is 0 Å². The summed E-state index contributed by atoms with van der Waals surface area (Å²) in [5.41, 5.74) is 1.61. The Bertz CT molecular complexity index is 511. The number of rotatable bonds is 6. The number of hydrogen-bond acceptors (Lipinski definition) is 4. The van der Waals surface area contributed by atoms with E-state index in [1.807, 2.05) is 0 Å². The Kier molecular flexibility index (Phi) is 5.30. The Hall–Kier alpha value is -1.40. The number of sulfonamides is 1. The molecule has 1 aromatic rings. The van der Waals surface area contributed by atoms with E-state index < -0.39 is 10.0 Å². The van der Waals surface area contributed by atoms with Crippen LogP contribution in [0.25, 0.3) is 0 Å². The number of carbonyl (C=O) groups excluding carboxylic acids is 1. The topological polar surface area (TPSA) is 72.5 Å². The predicted octanol–water partition coefficient (Wildman–Crippen LogP) is 0.841. The number of hydrogen-bond donors (Lipinski definition) is 1. The highest BCUT2D eigenvalue weighted by molar-refractivity contribution is 7.88. The number of ether oxygens (including phenoxy) is 1. The molecular weight excluding hydrogens is 254 g/mol. The first-order chi connectivity index (χ1) is 8.40. The molecule has 1 rings (SSSR count). The first kappa shape index (κ1) is 14.7. The minimum absolute atomic E-state index is 0.195. The molecule has 0 bridgehead atoms. The van der Waals surface area contributed by atoms with Gasteiger partial charge in [0.05, 0.1) is 19.3 Å². The molecule has 18 heavy (non-hydrogen) atoms. The summed E-state index contributed by atoms with van der Waals surface area (Å²) >= 11 is 0. The maximum atomic E-state index is 11.3. The predicted molar refractivity (Wildman–Crippen MR) is 68.5 cm³/mol. The van der Waals surface area contributed by atoms with Gasteiger partial charge in [-0.25, -0.2) is 13.1 Å². The largest absolute Gasteiger partial charge is 0.466 e. The van der Waals surface area contributed by atoms with Crippen molar-refractivity contribution < 1.29 is 17.9 Å². The van der Waals surface area contributed by atoms with Crippen molar-refractivity contribution in [3.8, 4) is 0 Å². The molecule has 0 spiro atoms. The first-order valence-electron chi connectivity index (χ1n) is 5.59. The van der Waals surface area contributed by atoms with E-state index in [1.165, 1.54) is 0 Å². The van der Waals surface area contributed by atoms with Crippen molar-refractivity contribution in [3.63, 3.8) is 0 Å². The van der Waals surface area contributed by atoms with Crippen molar-refractivity contribution in [1.82, 2.24) is 4.72 Å². The van der Waals surface area contributed by atoms with E-state index in [9.17, 15) is 13.2 Å². The van der Waals surface area contributed by atoms with Gasteiger partial charge in [-0.05, 0) is 18.1 Å². The number of carbonyl (C=O) groups is 1. The lowest BCUT2D eigenvalue weighted by atomic mass is 10.1. The van der Waals surface area contributed by atoms with E-state index in [0.717, 1.165) is 17.4 Å². The fraction of sp³-hybridized carbons (Fsp3) is 0.417. The molecule has 0 aromatic heterocycles. The van der Waals surface area contributed by atoms with Gasteiger partial charge in [0.25, 0.3) is 0 Å². The highest BCUT2D eigenvalue weighted by atomic mass is 32.2. The second-order valence-corrected chi connectivity index (χ2v) is 5.73. The van der Waals surface area contributed by atoms with Crippen LogP contribution in [0.15, 0.2) is 24.3 Å². The molecule has 0 aliphatic rings. The van der Waals surface area contributed by atoms with Gasteiger partial charge < -0.3 is 4.74 Å². The van der Waals surface area contributed by atoms with Crippen molar-refractivity contribution >= 4 is 16.0 Å². The van der Waals surface area contributed by atoms with Crippen LogP contribution in [-0.2, 0) is 32.5 Å². The molecule has 100 valence electrons. The molecule has 6 heteroatoms. The summed E-state index contributed by atoms with van der Waals surface area (Å²) in [4.78, 5) is 11.3. The van der Waals surface area contributed by atoms with Crippen LogP contribution >= 0.6 is 0 Å². The molecule has 1 N–H and O–H groups in total. The van der Waals surface area contributed by atoms with E-state index >= 15 is 0 Å². The lowest BCUT2D eigenvalue weighted by Gasteiger charge is -2.06. The fourth-order valence-electron chi connectivity index (χ4n) is 1.44. The molecular formula is C12H17NO4S. The molecule has 0 saturated carbocycles. The van der Waals surface area contributed by atoms with Gasteiger partial charge in [0, 0.05) is 6.54 Å². The first-order valence-corrected chi connectivity index (χ1v) is 7.48. The molecule has 1 aromatic carbocycles. The minimum Gasteiger partial charge on any atom is -0.466 e. The Morgan fingerprint density at radius 2 is 2.00 bits per heavy atom. The maximum Gasteiger partial charge on any atom is 0.310 e. The van der Waals surface area contributed by atoms with Gasteiger partial charge in [-0.1, -0.05) is 24.3 Å². The Morgan fingerprint density at radius 3 is 2.61 bits per heavy atom. The van der Waals surface area contributed by atoms with Crippen LogP contribution in [0, 0.1) is 0 Å². The number of esters is 1. The third kappa shape index (κ3) is 5.79. The third-order valence-corrected chi connectivity index (χ3v) is 2.85. The summed E-state index contributed by atoms with van der Waals surface area (Å²) in [7, 11) is -3.21. The normalized spacial score (nSPS) is 11.2. The zero-order valence-electron chi connectivity index (χ0n) is 10.5. The Balaban J connectivity index is 2.65. The molecule has 0 fully saturated rings. The summed E-state index contributed by atoms with van der Waals surface area (Å²) in [6, 6.07) is 7.18. The summed E-state index contributed by atoms with van der Waals surface area (Å²) in [6.07, 6.45) is 1.30. The second-order valence-electron chi connectivity index (χ2n) is 3.90. The van der Waals surface area contributed by atoms with Crippen molar-refractivity contribution in [2.24, 2.45) is 0 Å². The van der Waals surface area contributed by atoms with Crippen LogP contribution in [-0.4, -0.2) is 27.2 Å². The molecule has 0 amide bonds. The zero-order chi connectivity index (χ0) is 13.6. The summed E-state index contributed by atoms with van der Waals surface area (Å²) < 4.78 is 29.2. The van der Waals surface area contributed by atoms with Crippen LogP contribution in [0.3, 0.4) is 0 Å². The lowest BCUT2D eigenvalue weighted by Crippen LogP contribution is -2.21. The highest BCUT2D eigenvalue weighted by Gasteiger charge is 2.05. The average Bonchev–Trinajstić information content (AvgIpc) is 2.26. The molecule has 0 radical (unpaired) electrons. The maximum absolute atomic E-state index is 11.3. The lowest BCUT2D eigenvalue weighted by molar-refractivity contribution is -0.142. The molecule has 0 aliphatic heterocycles. The Morgan fingerprint density at radius 1 is 1.33 bits per heavy atom. The van der Waals surface area contributed by atoms with E-state index in [0.29, 0.717) is 6.61 Å².